The largest absolute Gasteiger partial charge is 0.459 e. The predicted octanol–water partition coefficient (Wildman–Crippen LogP) is 1.23. The molecule has 0 N–H and O–H groups in total. The molecule has 0 aromatic rings. The van der Waals surface area contributed by atoms with Crippen molar-refractivity contribution in [1.82, 2.24) is 0 Å². The van der Waals surface area contributed by atoms with Crippen LogP contribution >= 0.6 is 0 Å². The second-order valence-corrected chi connectivity index (χ2v) is 5.55. The van der Waals surface area contributed by atoms with Gasteiger partial charge >= 0.3 is 5.97 Å². The number of ether oxygens (including phenoxy) is 3. The van der Waals surface area contributed by atoms with E-state index in [1.165, 1.54) is 0 Å². The standard InChI is InChI=1S/C11H16O4/c1-10(2)14-7-5-11(3)4-6(8(7)15-10)13-9(11)12/h6-8H,4-5H2,1-3H3/t6-,7-,8+,11+/m1/s1. The van der Waals surface area contributed by atoms with Gasteiger partial charge < -0.3 is 14.2 Å². The molecular weight excluding hydrogens is 196 g/mol. The zero-order valence-corrected chi connectivity index (χ0v) is 9.28. The third-order valence-corrected chi connectivity index (χ3v) is 3.64. The summed E-state index contributed by atoms with van der Waals surface area (Å²) in [4.78, 5) is 11.6. The zero-order chi connectivity index (χ0) is 10.8. The van der Waals surface area contributed by atoms with E-state index in [0.717, 1.165) is 12.8 Å². The molecule has 2 aliphatic heterocycles. The third-order valence-electron chi connectivity index (χ3n) is 3.64. The number of rotatable bonds is 0. The van der Waals surface area contributed by atoms with Crippen LogP contribution in [0, 0.1) is 5.41 Å². The van der Waals surface area contributed by atoms with Crippen molar-refractivity contribution in [2.45, 2.75) is 57.7 Å². The van der Waals surface area contributed by atoms with Crippen LogP contribution in [0.15, 0.2) is 0 Å². The summed E-state index contributed by atoms with van der Waals surface area (Å²) in [5.74, 6) is -0.630. The summed E-state index contributed by atoms with van der Waals surface area (Å²) in [5, 5.41) is 0. The van der Waals surface area contributed by atoms with Gasteiger partial charge in [0, 0.05) is 6.42 Å². The van der Waals surface area contributed by atoms with E-state index in [-0.39, 0.29) is 29.7 Å². The van der Waals surface area contributed by atoms with Crippen LogP contribution in [0.5, 0.6) is 0 Å². The van der Waals surface area contributed by atoms with Gasteiger partial charge in [0.25, 0.3) is 0 Å². The van der Waals surface area contributed by atoms with Gasteiger partial charge in [0.05, 0.1) is 11.5 Å². The second kappa shape index (κ2) is 2.55. The third kappa shape index (κ3) is 1.24. The van der Waals surface area contributed by atoms with Crippen molar-refractivity contribution in [3.63, 3.8) is 0 Å². The highest BCUT2D eigenvalue weighted by molar-refractivity contribution is 5.79. The van der Waals surface area contributed by atoms with E-state index in [0.29, 0.717) is 0 Å². The summed E-state index contributed by atoms with van der Waals surface area (Å²) >= 11 is 0. The minimum Gasteiger partial charge on any atom is -0.459 e. The van der Waals surface area contributed by atoms with E-state index in [1.807, 2.05) is 20.8 Å². The Labute approximate surface area is 88.9 Å². The molecule has 4 atom stereocenters. The molecule has 4 nitrogen and oxygen atoms in total. The van der Waals surface area contributed by atoms with Gasteiger partial charge in [-0.3, -0.25) is 4.79 Å². The maximum Gasteiger partial charge on any atom is 0.312 e. The molecule has 15 heavy (non-hydrogen) atoms. The summed E-state index contributed by atoms with van der Waals surface area (Å²) in [7, 11) is 0. The van der Waals surface area contributed by atoms with E-state index in [9.17, 15) is 4.79 Å². The number of esters is 1. The van der Waals surface area contributed by atoms with E-state index >= 15 is 0 Å². The monoisotopic (exact) mass is 212 g/mol. The summed E-state index contributed by atoms with van der Waals surface area (Å²) < 4.78 is 16.9. The first-order chi connectivity index (χ1) is 6.90. The van der Waals surface area contributed by atoms with Crippen molar-refractivity contribution >= 4 is 5.97 Å². The van der Waals surface area contributed by atoms with Crippen LogP contribution in [0.4, 0.5) is 0 Å². The van der Waals surface area contributed by atoms with Crippen LogP contribution in [0.1, 0.15) is 33.6 Å². The number of carbonyl (C=O) groups excluding carboxylic acids is 1. The van der Waals surface area contributed by atoms with Gasteiger partial charge in [-0.2, -0.15) is 0 Å². The first kappa shape index (κ1) is 9.60. The fourth-order valence-electron chi connectivity index (χ4n) is 2.98. The molecule has 2 saturated heterocycles. The minimum atomic E-state index is -0.539. The summed E-state index contributed by atoms with van der Waals surface area (Å²) in [5.41, 5.74) is -0.352. The maximum absolute atomic E-state index is 11.6. The van der Waals surface area contributed by atoms with Gasteiger partial charge in [0.2, 0.25) is 0 Å². The Morgan fingerprint density at radius 3 is 2.53 bits per heavy atom. The van der Waals surface area contributed by atoms with Gasteiger partial charge in [-0.05, 0) is 27.2 Å². The van der Waals surface area contributed by atoms with Crippen LogP contribution in [-0.2, 0) is 19.0 Å². The number of carbonyl (C=O) groups is 1. The quantitative estimate of drug-likeness (QED) is 0.566. The fraction of sp³-hybridized carbons (Fsp3) is 0.909. The Kier molecular flexibility index (Phi) is 1.63. The molecule has 3 rings (SSSR count). The first-order valence-electron chi connectivity index (χ1n) is 5.46. The molecule has 0 spiro atoms. The molecule has 4 heteroatoms. The van der Waals surface area contributed by atoms with Gasteiger partial charge in [-0.15, -0.1) is 0 Å². The lowest BCUT2D eigenvalue weighted by Crippen LogP contribution is -2.42. The SMILES string of the molecule is CC1(C)O[C@H]2[C@H]3C[C@@](C)(C[C@H]2O1)C(=O)O3. The lowest BCUT2D eigenvalue weighted by molar-refractivity contribution is -0.168. The molecular formula is C11H16O4. The summed E-state index contributed by atoms with van der Waals surface area (Å²) in [6, 6.07) is 0. The highest BCUT2D eigenvalue weighted by atomic mass is 16.8. The zero-order valence-electron chi connectivity index (χ0n) is 9.28. The number of fused-ring (bicyclic) bond motifs is 4. The van der Waals surface area contributed by atoms with Crippen LogP contribution in [0.2, 0.25) is 0 Å². The van der Waals surface area contributed by atoms with Crippen LogP contribution in [0.25, 0.3) is 0 Å². The maximum atomic E-state index is 11.6. The Bertz CT molecular complexity index is 325. The Morgan fingerprint density at radius 1 is 1.13 bits per heavy atom. The van der Waals surface area contributed by atoms with Crippen molar-refractivity contribution in [3.8, 4) is 0 Å². The van der Waals surface area contributed by atoms with Crippen LogP contribution < -0.4 is 0 Å². The van der Waals surface area contributed by atoms with Crippen molar-refractivity contribution in [2.75, 3.05) is 0 Å². The number of hydrogen-bond acceptors (Lipinski definition) is 4. The average Bonchev–Trinajstić information content (AvgIpc) is 2.50. The van der Waals surface area contributed by atoms with Gasteiger partial charge in [-0.25, -0.2) is 0 Å². The van der Waals surface area contributed by atoms with E-state index < -0.39 is 5.79 Å². The molecule has 2 bridgehead atoms. The van der Waals surface area contributed by atoms with Crippen molar-refractivity contribution < 1.29 is 19.0 Å². The average molecular weight is 212 g/mol. The van der Waals surface area contributed by atoms with Crippen LogP contribution in [-0.4, -0.2) is 30.1 Å². The van der Waals surface area contributed by atoms with Crippen molar-refractivity contribution in [1.29, 1.82) is 0 Å². The lowest BCUT2D eigenvalue weighted by atomic mass is 9.74. The molecule has 2 heterocycles. The normalized spacial score (nSPS) is 51.4. The van der Waals surface area contributed by atoms with E-state index in [1.54, 1.807) is 0 Å². The Hall–Kier alpha value is -0.610. The van der Waals surface area contributed by atoms with Gasteiger partial charge in [-0.1, -0.05) is 0 Å². The molecule has 3 fully saturated rings. The van der Waals surface area contributed by atoms with E-state index in [4.69, 9.17) is 14.2 Å². The molecule has 0 radical (unpaired) electrons. The molecule has 84 valence electrons. The second-order valence-electron chi connectivity index (χ2n) is 5.55. The lowest BCUT2D eigenvalue weighted by Gasteiger charge is -2.30. The molecule has 1 aliphatic carbocycles. The van der Waals surface area contributed by atoms with Crippen LogP contribution in [0.3, 0.4) is 0 Å². The molecule has 0 unspecified atom stereocenters. The minimum absolute atomic E-state index is 0.00944. The van der Waals surface area contributed by atoms with Crippen molar-refractivity contribution in [3.05, 3.63) is 0 Å². The van der Waals surface area contributed by atoms with E-state index in [2.05, 4.69) is 0 Å². The van der Waals surface area contributed by atoms with Gasteiger partial charge in [0.1, 0.15) is 12.2 Å². The Morgan fingerprint density at radius 2 is 1.80 bits per heavy atom. The molecule has 1 saturated carbocycles. The Balaban J connectivity index is 1.90. The highest BCUT2D eigenvalue weighted by Gasteiger charge is 2.60. The smallest absolute Gasteiger partial charge is 0.312 e. The van der Waals surface area contributed by atoms with Crippen molar-refractivity contribution in [2.24, 2.45) is 5.41 Å². The molecule has 0 amide bonds. The fourth-order valence-corrected chi connectivity index (χ4v) is 2.98. The predicted molar refractivity (Wildman–Crippen MR) is 51.0 cm³/mol. The topological polar surface area (TPSA) is 44.8 Å². The highest BCUT2D eigenvalue weighted by Crippen LogP contribution is 2.50. The molecule has 3 aliphatic rings. The summed E-state index contributed by atoms with van der Waals surface area (Å²) in [6.45, 7) is 5.77. The summed E-state index contributed by atoms with van der Waals surface area (Å²) in [6.07, 6.45) is 1.32. The van der Waals surface area contributed by atoms with Gasteiger partial charge in [0.15, 0.2) is 5.79 Å². The number of hydrogen-bond donors (Lipinski definition) is 0. The molecule has 0 aromatic heterocycles. The first-order valence-corrected chi connectivity index (χ1v) is 5.46. The molecule has 0 aromatic carbocycles.